The quantitative estimate of drug-likeness (QED) is 0.472. The maximum atomic E-state index is 3.29. The van der Waals surface area contributed by atoms with Gasteiger partial charge in [0, 0.05) is 11.5 Å². The minimum Gasteiger partial charge on any atom is -0.211 e. The molecular weight excluding hydrogens is 170 g/mol. The zero-order valence-corrected chi connectivity index (χ0v) is 7.70. The summed E-state index contributed by atoms with van der Waals surface area (Å²) < 4.78 is 0. The average Bonchev–Trinajstić information content (AvgIpc) is 2.29. The van der Waals surface area contributed by atoms with E-state index in [0.29, 0.717) is 0 Å². The smallest absolute Gasteiger partial charge is 0.211 e. The van der Waals surface area contributed by atoms with E-state index in [0.717, 1.165) is 0 Å². The van der Waals surface area contributed by atoms with Gasteiger partial charge in [0.15, 0.2) is 6.20 Å². The lowest BCUT2D eigenvalue weighted by Crippen LogP contribution is -2.01. The van der Waals surface area contributed by atoms with Gasteiger partial charge in [0.2, 0.25) is 5.52 Å². The molecule has 1 aromatic heterocycles. The summed E-state index contributed by atoms with van der Waals surface area (Å²) >= 11 is 0. The number of aromatic nitrogens is 1. The molecular formula is C13H10N+. The first-order valence-corrected chi connectivity index (χ1v) is 4.73. The predicted molar refractivity (Wildman–Crippen MR) is 58.0 cm³/mol. The molecule has 1 N–H and O–H groups in total. The zero-order valence-electron chi connectivity index (χ0n) is 7.70. The molecule has 1 nitrogen and oxygen atoms in total. The van der Waals surface area contributed by atoms with Gasteiger partial charge in [0.25, 0.3) is 0 Å². The van der Waals surface area contributed by atoms with Crippen molar-refractivity contribution in [3.63, 3.8) is 0 Å². The van der Waals surface area contributed by atoms with Crippen molar-refractivity contribution in [2.75, 3.05) is 0 Å². The molecule has 0 aliphatic rings. The number of rotatable bonds is 0. The Kier molecular flexibility index (Phi) is 1.51. The van der Waals surface area contributed by atoms with Crippen LogP contribution in [0.4, 0.5) is 0 Å². The largest absolute Gasteiger partial charge is 0.218 e. The highest BCUT2D eigenvalue weighted by Crippen LogP contribution is 2.20. The third-order valence-corrected chi connectivity index (χ3v) is 2.56. The van der Waals surface area contributed by atoms with Gasteiger partial charge in [-0.05, 0) is 23.6 Å². The summed E-state index contributed by atoms with van der Waals surface area (Å²) in [6.07, 6.45) is 1.97. The molecule has 0 saturated carbocycles. The van der Waals surface area contributed by atoms with Crippen LogP contribution >= 0.6 is 0 Å². The van der Waals surface area contributed by atoms with Gasteiger partial charge < -0.3 is 0 Å². The van der Waals surface area contributed by atoms with Crippen LogP contribution in [0.2, 0.25) is 0 Å². The number of hydrogen-bond donors (Lipinski definition) is 0. The second-order valence-corrected chi connectivity index (χ2v) is 3.42. The van der Waals surface area contributed by atoms with Crippen LogP contribution in [0.15, 0.2) is 54.7 Å². The number of pyridine rings is 1. The Bertz CT molecular complexity index is 544. The standard InChI is InChI=1S/C13H9N/c1-2-6-12-10(4-1)7-8-11-5-3-9-14-13(11)12/h1-9H/p+1. The Hall–Kier alpha value is -1.89. The molecule has 0 aliphatic heterocycles. The summed E-state index contributed by atoms with van der Waals surface area (Å²) in [5, 5.41) is 3.82. The molecule has 0 radical (unpaired) electrons. The van der Waals surface area contributed by atoms with Gasteiger partial charge in [0.1, 0.15) is 0 Å². The normalized spacial score (nSPS) is 10.9. The molecule has 3 rings (SSSR count). The minimum atomic E-state index is 1.21. The monoisotopic (exact) mass is 180 g/mol. The van der Waals surface area contributed by atoms with E-state index in [2.05, 4.69) is 47.4 Å². The third-order valence-electron chi connectivity index (χ3n) is 2.56. The van der Waals surface area contributed by atoms with Crippen LogP contribution in [0.25, 0.3) is 21.7 Å². The summed E-state index contributed by atoms with van der Waals surface area (Å²) in [6.45, 7) is 0. The molecule has 0 spiro atoms. The van der Waals surface area contributed by atoms with E-state index in [9.17, 15) is 0 Å². The molecule has 0 atom stereocenters. The number of H-pyrrole nitrogens is 1. The van der Waals surface area contributed by atoms with Crippen LogP contribution in [-0.4, -0.2) is 0 Å². The molecule has 1 heterocycles. The molecule has 14 heavy (non-hydrogen) atoms. The summed E-state index contributed by atoms with van der Waals surface area (Å²) in [5.74, 6) is 0. The van der Waals surface area contributed by atoms with Crippen LogP contribution in [0.3, 0.4) is 0 Å². The van der Waals surface area contributed by atoms with Crippen molar-refractivity contribution in [2.45, 2.75) is 0 Å². The topological polar surface area (TPSA) is 14.1 Å². The number of hydrogen-bond acceptors (Lipinski definition) is 0. The Labute approximate surface area is 82.0 Å². The second-order valence-electron chi connectivity index (χ2n) is 3.42. The summed E-state index contributed by atoms with van der Waals surface area (Å²) in [5.41, 5.74) is 1.21. The van der Waals surface area contributed by atoms with Gasteiger partial charge in [-0.3, -0.25) is 0 Å². The molecule has 2 aromatic carbocycles. The van der Waals surface area contributed by atoms with Gasteiger partial charge in [-0.15, -0.1) is 0 Å². The van der Waals surface area contributed by atoms with Crippen molar-refractivity contribution in [3.8, 4) is 0 Å². The summed E-state index contributed by atoms with van der Waals surface area (Å²) in [4.78, 5) is 3.29. The third kappa shape index (κ3) is 0.990. The minimum absolute atomic E-state index is 1.21. The van der Waals surface area contributed by atoms with E-state index in [1.807, 2.05) is 12.3 Å². The van der Waals surface area contributed by atoms with Crippen molar-refractivity contribution < 1.29 is 4.98 Å². The lowest BCUT2D eigenvalue weighted by molar-refractivity contribution is -0.343. The molecule has 0 unspecified atom stereocenters. The Morgan fingerprint density at radius 1 is 0.714 bits per heavy atom. The van der Waals surface area contributed by atoms with Gasteiger partial charge in [-0.25, -0.2) is 4.98 Å². The van der Waals surface area contributed by atoms with E-state index in [4.69, 9.17) is 0 Å². The maximum Gasteiger partial charge on any atom is 0.218 e. The van der Waals surface area contributed by atoms with Crippen molar-refractivity contribution in [1.82, 2.24) is 0 Å². The van der Waals surface area contributed by atoms with Gasteiger partial charge in [-0.1, -0.05) is 24.3 Å². The lowest BCUT2D eigenvalue weighted by atomic mass is 10.1. The molecule has 0 amide bonds. The average molecular weight is 180 g/mol. The first kappa shape index (κ1) is 7.51. The van der Waals surface area contributed by atoms with Crippen molar-refractivity contribution in [3.05, 3.63) is 54.7 Å². The second kappa shape index (κ2) is 2.81. The molecule has 0 aliphatic carbocycles. The van der Waals surface area contributed by atoms with Crippen LogP contribution in [0, 0.1) is 0 Å². The van der Waals surface area contributed by atoms with Crippen LogP contribution in [0.5, 0.6) is 0 Å². The Balaban J connectivity index is 2.61. The zero-order chi connectivity index (χ0) is 9.38. The van der Waals surface area contributed by atoms with Crippen LogP contribution in [-0.2, 0) is 0 Å². The van der Waals surface area contributed by atoms with E-state index in [1.54, 1.807) is 0 Å². The Morgan fingerprint density at radius 3 is 2.50 bits per heavy atom. The molecule has 66 valence electrons. The summed E-state index contributed by atoms with van der Waals surface area (Å²) in [7, 11) is 0. The molecule has 0 saturated heterocycles. The number of nitrogens with one attached hydrogen (secondary N) is 1. The highest BCUT2D eigenvalue weighted by molar-refractivity contribution is 6.02. The summed E-state index contributed by atoms with van der Waals surface area (Å²) in [6, 6.07) is 16.9. The van der Waals surface area contributed by atoms with Crippen molar-refractivity contribution in [1.29, 1.82) is 0 Å². The SMILES string of the molecule is c1ccc2c(c1)ccc1ccc[nH+]c12. The van der Waals surface area contributed by atoms with E-state index < -0.39 is 0 Å². The first-order valence-electron chi connectivity index (χ1n) is 4.73. The molecule has 0 fully saturated rings. The lowest BCUT2D eigenvalue weighted by Gasteiger charge is -1.97. The van der Waals surface area contributed by atoms with E-state index >= 15 is 0 Å². The first-order chi connectivity index (χ1) is 6.95. The highest BCUT2D eigenvalue weighted by Gasteiger charge is 2.03. The van der Waals surface area contributed by atoms with Crippen molar-refractivity contribution >= 4 is 21.7 Å². The fourth-order valence-electron chi connectivity index (χ4n) is 1.87. The van der Waals surface area contributed by atoms with Gasteiger partial charge in [-0.2, -0.15) is 0 Å². The maximum absolute atomic E-state index is 3.29. The fraction of sp³-hybridized carbons (Fsp3) is 0. The predicted octanol–water partition coefficient (Wildman–Crippen LogP) is 2.81. The molecule has 0 bridgehead atoms. The number of benzene rings is 2. The number of aromatic amines is 1. The molecule has 1 heteroatoms. The van der Waals surface area contributed by atoms with Crippen LogP contribution in [0.1, 0.15) is 0 Å². The van der Waals surface area contributed by atoms with Gasteiger partial charge >= 0.3 is 0 Å². The fourth-order valence-corrected chi connectivity index (χ4v) is 1.87. The van der Waals surface area contributed by atoms with E-state index in [1.165, 1.54) is 21.7 Å². The Morgan fingerprint density at radius 2 is 1.50 bits per heavy atom. The van der Waals surface area contributed by atoms with Crippen LogP contribution < -0.4 is 4.98 Å². The molecule has 3 aromatic rings. The number of fused-ring (bicyclic) bond motifs is 3. The highest BCUT2D eigenvalue weighted by atomic mass is 14.6. The van der Waals surface area contributed by atoms with Gasteiger partial charge in [0.05, 0.1) is 5.39 Å². The van der Waals surface area contributed by atoms with E-state index in [-0.39, 0.29) is 0 Å². The van der Waals surface area contributed by atoms with Crippen molar-refractivity contribution in [2.24, 2.45) is 0 Å².